The van der Waals surface area contributed by atoms with Crippen LogP contribution in [0, 0.1) is 5.82 Å². The highest BCUT2D eigenvalue weighted by molar-refractivity contribution is 9.10. The van der Waals surface area contributed by atoms with Crippen LogP contribution in [0.1, 0.15) is 28.6 Å². The van der Waals surface area contributed by atoms with Crippen molar-refractivity contribution in [1.29, 1.82) is 0 Å². The SMILES string of the molecule is O=C(O[C@H]1O[C@@]2(CC[Si](c3ccccc3)(c3ccccc3)OC2)[C@H]2O[C@@H](c3ccccc3Br)O[C@@H]12)c1cccc(F)c1. The third kappa shape index (κ3) is 4.84. The molecule has 42 heavy (non-hydrogen) atoms. The number of ether oxygens (including phenoxy) is 4. The topological polar surface area (TPSA) is 63.2 Å². The fraction of sp³-hybridized carbons (Fsp3) is 0.242. The summed E-state index contributed by atoms with van der Waals surface area (Å²) in [6.45, 7) is 0.240. The fourth-order valence-corrected chi connectivity index (χ4v) is 10.9. The van der Waals surface area contributed by atoms with Crippen LogP contribution in [-0.2, 0) is 23.4 Å². The number of halogens is 2. The summed E-state index contributed by atoms with van der Waals surface area (Å²) in [7, 11) is -2.61. The Bertz CT molecular complexity index is 1540. The molecule has 1 spiro atoms. The Morgan fingerprint density at radius 2 is 1.57 bits per heavy atom. The molecule has 3 fully saturated rings. The maximum absolute atomic E-state index is 13.9. The van der Waals surface area contributed by atoms with Crippen molar-refractivity contribution >= 4 is 40.6 Å². The molecule has 4 aromatic carbocycles. The van der Waals surface area contributed by atoms with Gasteiger partial charge in [0.25, 0.3) is 8.32 Å². The number of carbonyl (C=O) groups is 1. The largest absolute Gasteiger partial charge is 0.429 e. The van der Waals surface area contributed by atoms with Gasteiger partial charge in [0.1, 0.15) is 17.5 Å². The molecule has 3 heterocycles. The first-order valence-electron chi connectivity index (χ1n) is 13.9. The highest BCUT2D eigenvalue weighted by Crippen LogP contribution is 2.50. The summed E-state index contributed by atoms with van der Waals surface area (Å²) in [6, 6.07) is 34.5. The lowest BCUT2D eigenvalue weighted by Gasteiger charge is -2.45. The summed E-state index contributed by atoms with van der Waals surface area (Å²) in [6.07, 6.45) is -2.41. The van der Waals surface area contributed by atoms with Gasteiger partial charge in [0.2, 0.25) is 6.29 Å². The van der Waals surface area contributed by atoms with E-state index >= 15 is 0 Å². The molecule has 3 aliphatic rings. The molecule has 214 valence electrons. The molecular formula is C33H28BrFO6Si. The predicted molar refractivity (Wildman–Crippen MR) is 159 cm³/mol. The highest BCUT2D eigenvalue weighted by Gasteiger charge is 2.65. The molecule has 9 heteroatoms. The normalized spacial score (nSPS) is 28.0. The number of hydrogen-bond donors (Lipinski definition) is 0. The van der Waals surface area contributed by atoms with Gasteiger partial charge in [-0.3, -0.25) is 0 Å². The van der Waals surface area contributed by atoms with Crippen molar-refractivity contribution in [2.45, 2.75) is 42.9 Å². The van der Waals surface area contributed by atoms with E-state index in [-0.39, 0.29) is 12.2 Å². The molecule has 3 saturated heterocycles. The summed E-state index contributed by atoms with van der Waals surface area (Å²) < 4.78 is 47.1. The van der Waals surface area contributed by atoms with Gasteiger partial charge in [-0.2, -0.15) is 0 Å². The Balaban J connectivity index is 1.21. The third-order valence-electron chi connectivity index (χ3n) is 8.37. The van der Waals surface area contributed by atoms with E-state index in [9.17, 15) is 9.18 Å². The van der Waals surface area contributed by atoms with Crippen molar-refractivity contribution in [1.82, 2.24) is 0 Å². The molecule has 3 aliphatic heterocycles. The number of fused-ring (bicyclic) bond motifs is 2. The minimum absolute atomic E-state index is 0.0943. The average Bonchev–Trinajstić information content (AvgIpc) is 3.58. The van der Waals surface area contributed by atoms with Crippen LogP contribution in [0.15, 0.2) is 114 Å². The number of rotatable bonds is 5. The van der Waals surface area contributed by atoms with Crippen molar-refractivity contribution in [3.05, 3.63) is 131 Å². The average molecular weight is 648 g/mol. The Hall–Kier alpha value is -3.18. The van der Waals surface area contributed by atoms with Crippen LogP contribution in [0.25, 0.3) is 0 Å². The van der Waals surface area contributed by atoms with Gasteiger partial charge in [-0.1, -0.05) is 101 Å². The first-order chi connectivity index (χ1) is 20.5. The zero-order valence-corrected chi connectivity index (χ0v) is 25.1. The third-order valence-corrected chi connectivity index (χ3v) is 13.2. The van der Waals surface area contributed by atoms with Crippen LogP contribution in [0.3, 0.4) is 0 Å². The second-order valence-corrected chi connectivity index (χ2v) is 15.3. The van der Waals surface area contributed by atoms with E-state index in [1.54, 1.807) is 0 Å². The van der Waals surface area contributed by atoms with E-state index in [4.69, 9.17) is 23.4 Å². The van der Waals surface area contributed by atoms with Gasteiger partial charge in [0, 0.05) is 10.0 Å². The monoisotopic (exact) mass is 646 g/mol. The quantitative estimate of drug-likeness (QED) is 0.211. The van der Waals surface area contributed by atoms with E-state index in [1.807, 2.05) is 60.7 Å². The summed E-state index contributed by atoms with van der Waals surface area (Å²) >= 11 is 3.60. The molecule has 0 amide bonds. The molecular weight excluding hydrogens is 619 g/mol. The first-order valence-corrected chi connectivity index (χ1v) is 16.8. The lowest BCUT2D eigenvalue weighted by molar-refractivity contribution is -0.227. The van der Waals surface area contributed by atoms with Gasteiger partial charge in [0.15, 0.2) is 12.4 Å². The van der Waals surface area contributed by atoms with Crippen LogP contribution in [0.4, 0.5) is 4.39 Å². The van der Waals surface area contributed by atoms with E-state index in [2.05, 4.69) is 40.2 Å². The van der Waals surface area contributed by atoms with Gasteiger partial charge in [0.05, 0.1) is 12.2 Å². The Kier molecular flexibility index (Phi) is 7.33. The van der Waals surface area contributed by atoms with Gasteiger partial charge >= 0.3 is 5.97 Å². The molecule has 0 unspecified atom stereocenters. The van der Waals surface area contributed by atoms with Crippen molar-refractivity contribution in [3.63, 3.8) is 0 Å². The Labute approximate surface area is 252 Å². The molecule has 0 bridgehead atoms. The molecule has 5 atom stereocenters. The van der Waals surface area contributed by atoms with Crippen LogP contribution in [0.5, 0.6) is 0 Å². The van der Waals surface area contributed by atoms with Crippen molar-refractivity contribution in [2.24, 2.45) is 0 Å². The second kappa shape index (κ2) is 11.1. The fourth-order valence-electron chi connectivity index (χ4n) is 6.28. The lowest BCUT2D eigenvalue weighted by atomic mass is 9.93. The van der Waals surface area contributed by atoms with Gasteiger partial charge in [-0.05, 0) is 47.1 Å². The van der Waals surface area contributed by atoms with Crippen molar-refractivity contribution in [2.75, 3.05) is 6.61 Å². The summed E-state index contributed by atoms with van der Waals surface area (Å²) in [5.41, 5.74) is 0.0104. The van der Waals surface area contributed by atoms with Crippen LogP contribution < -0.4 is 10.4 Å². The zero-order valence-electron chi connectivity index (χ0n) is 22.5. The summed E-state index contributed by atoms with van der Waals surface area (Å²) in [4.78, 5) is 13.1. The smallest absolute Gasteiger partial charge is 0.340 e. The first kappa shape index (κ1) is 27.6. The molecule has 0 aromatic heterocycles. The standard InChI is InChI=1S/C33H28BrFO6Si/c34-27-17-8-7-16-26(27)31-38-28-29(39-31)33(41-32(28)40-30(36)22-10-9-11-23(35)20-22)18-19-42(37-21-33,24-12-3-1-4-13-24)25-14-5-2-6-15-25/h1-17,20,28-29,31-32H,18-19,21H2/t28-,29+,31+,32+,33-/m1/s1. The maximum Gasteiger partial charge on any atom is 0.340 e. The highest BCUT2D eigenvalue weighted by atomic mass is 79.9. The van der Waals surface area contributed by atoms with Crippen LogP contribution in [-0.4, -0.2) is 45.0 Å². The number of carbonyl (C=O) groups excluding carboxylic acids is 1. The minimum Gasteiger partial charge on any atom is -0.429 e. The molecule has 7 rings (SSSR count). The number of benzene rings is 4. The van der Waals surface area contributed by atoms with Crippen molar-refractivity contribution < 1.29 is 32.6 Å². The van der Waals surface area contributed by atoms with Crippen LogP contribution >= 0.6 is 15.9 Å². The van der Waals surface area contributed by atoms with Crippen molar-refractivity contribution in [3.8, 4) is 0 Å². The summed E-state index contributed by atoms with van der Waals surface area (Å²) in [5.74, 6) is -1.22. The predicted octanol–water partition coefficient (Wildman–Crippen LogP) is 5.50. The minimum atomic E-state index is -2.61. The van der Waals surface area contributed by atoms with Gasteiger partial charge in [-0.15, -0.1) is 0 Å². The molecule has 4 aromatic rings. The zero-order chi connectivity index (χ0) is 28.7. The van der Waals surface area contributed by atoms with E-state index in [0.29, 0.717) is 6.42 Å². The number of hydrogen-bond acceptors (Lipinski definition) is 6. The van der Waals surface area contributed by atoms with E-state index < -0.39 is 50.5 Å². The molecule has 0 N–H and O–H groups in total. The second-order valence-electron chi connectivity index (χ2n) is 10.8. The lowest BCUT2D eigenvalue weighted by Crippen LogP contribution is -2.67. The number of esters is 1. The van der Waals surface area contributed by atoms with E-state index in [0.717, 1.165) is 22.1 Å². The Morgan fingerprint density at radius 3 is 2.21 bits per heavy atom. The maximum atomic E-state index is 13.9. The molecule has 6 nitrogen and oxygen atoms in total. The van der Waals surface area contributed by atoms with Crippen LogP contribution in [0.2, 0.25) is 6.04 Å². The summed E-state index contributed by atoms with van der Waals surface area (Å²) in [5, 5.41) is 2.37. The van der Waals surface area contributed by atoms with Gasteiger partial charge in [-0.25, -0.2) is 9.18 Å². The molecule has 0 radical (unpaired) electrons. The molecule has 0 aliphatic carbocycles. The Morgan fingerprint density at radius 1 is 0.881 bits per heavy atom. The van der Waals surface area contributed by atoms with E-state index in [1.165, 1.54) is 28.6 Å². The molecule has 0 saturated carbocycles. The van der Waals surface area contributed by atoms with Gasteiger partial charge < -0.3 is 23.4 Å².